The first-order valence-electron chi connectivity index (χ1n) is 11.3. The first kappa shape index (κ1) is 23.2. The largest absolute Gasteiger partial charge is 0.471 e. The van der Waals surface area contributed by atoms with Crippen molar-refractivity contribution in [3.05, 3.63) is 100 Å². The summed E-state index contributed by atoms with van der Waals surface area (Å²) in [6, 6.07) is 16.7. The minimum Gasteiger partial charge on any atom is -0.471 e. The second kappa shape index (κ2) is 9.26. The average Bonchev–Trinajstić information content (AvgIpc) is 3.23. The Morgan fingerprint density at radius 1 is 1.08 bits per heavy atom. The topological polar surface area (TPSA) is 89.0 Å². The number of benzene rings is 2. The molecule has 1 aliphatic heterocycles. The number of hydrogen-bond donors (Lipinski definition) is 0. The second-order valence-electron chi connectivity index (χ2n) is 8.96. The Labute approximate surface area is 205 Å². The van der Waals surface area contributed by atoms with Crippen LogP contribution in [0.2, 0.25) is 0 Å². The Bertz CT molecular complexity index is 1480. The average molecular weight is 488 g/mol. The molecule has 0 amide bonds. The fraction of sp³-hybridized carbons (Fsp3) is 0.231. The first-order valence-corrected chi connectivity index (χ1v) is 11.3. The van der Waals surface area contributed by atoms with Gasteiger partial charge < -0.3 is 9.64 Å². The van der Waals surface area contributed by atoms with Gasteiger partial charge in [0.2, 0.25) is 5.88 Å². The highest BCUT2D eigenvalue weighted by atomic mass is 19.1. The molecule has 0 atom stereocenters. The molecule has 8 nitrogen and oxygen atoms in total. The van der Waals surface area contributed by atoms with Crippen LogP contribution >= 0.6 is 0 Å². The molecule has 4 aromatic rings. The van der Waals surface area contributed by atoms with Crippen LogP contribution in [0.5, 0.6) is 5.88 Å². The predicted molar refractivity (Wildman–Crippen MR) is 128 cm³/mol. The van der Waals surface area contributed by atoms with E-state index in [4.69, 9.17) is 4.74 Å². The highest BCUT2D eigenvalue weighted by Gasteiger charge is 2.40. The van der Waals surface area contributed by atoms with E-state index in [0.717, 1.165) is 32.6 Å². The van der Waals surface area contributed by atoms with Gasteiger partial charge in [0.15, 0.2) is 0 Å². The summed E-state index contributed by atoms with van der Waals surface area (Å²) in [6.07, 6.45) is 2.90. The van der Waals surface area contributed by atoms with Crippen molar-refractivity contribution in [2.24, 2.45) is 5.41 Å². The van der Waals surface area contributed by atoms with Crippen LogP contribution in [0.15, 0.2) is 71.9 Å². The van der Waals surface area contributed by atoms with Gasteiger partial charge in [-0.2, -0.15) is 15.0 Å². The minimum absolute atomic E-state index is 0.198. The van der Waals surface area contributed by atoms with E-state index >= 15 is 0 Å². The number of nitrogens with zero attached hydrogens (tertiary/aromatic N) is 6. The number of ether oxygens (including phenoxy) is 1. The predicted octanol–water partition coefficient (Wildman–Crippen LogP) is 3.68. The molecule has 1 saturated heterocycles. The van der Waals surface area contributed by atoms with Crippen LogP contribution in [-0.2, 0) is 13.2 Å². The van der Waals surface area contributed by atoms with Gasteiger partial charge in [0, 0.05) is 24.8 Å². The second-order valence-corrected chi connectivity index (χ2v) is 8.96. The molecule has 0 aliphatic carbocycles. The van der Waals surface area contributed by atoms with Gasteiger partial charge in [-0.3, -0.25) is 4.57 Å². The fourth-order valence-electron chi connectivity index (χ4n) is 4.13. The third-order valence-electron chi connectivity index (χ3n) is 6.12. The Hall–Kier alpha value is -4.52. The van der Waals surface area contributed by atoms with Crippen molar-refractivity contribution in [3.8, 4) is 17.6 Å². The Balaban J connectivity index is 1.27. The van der Waals surface area contributed by atoms with Crippen LogP contribution in [0.1, 0.15) is 18.1 Å². The van der Waals surface area contributed by atoms with E-state index in [0.29, 0.717) is 24.7 Å². The van der Waals surface area contributed by atoms with Crippen molar-refractivity contribution < 1.29 is 13.5 Å². The molecule has 2 aromatic heterocycles. The quantitative estimate of drug-likeness (QED) is 0.394. The number of rotatable bonds is 7. The molecular formula is C26H22F2N6O2. The molecule has 0 radical (unpaired) electrons. The van der Waals surface area contributed by atoms with Crippen LogP contribution in [-0.4, -0.2) is 32.4 Å². The molecule has 182 valence electrons. The van der Waals surface area contributed by atoms with Gasteiger partial charge in [0.25, 0.3) is 0 Å². The number of anilines is 1. The van der Waals surface area contributed by atoms with Crippen molar-refractivity contribution in [3.63, 3.8) is 0 Å². The molecule has 0 bridgehead atoms. The lowest BCUT2D eigenvalue weighted by Crippen LogP contribution is -2.54. The molecule has 3 heterocycles. The van der Waals surface area contributed by atoms with Crippen LogP contribution in [0.25, 0.3) is 5.69 Å². The first-order chi connectivity index (χ1) is 17.4. The highest BCUT2D eigenvalue weighted by Crippen LogP contribution is 2.37. The maximum Gasteiger partial charge on any atom is 0.350 e. The highest BCUT2D eigenvalue weighted by molar-refractivity contribution is 5.58. The summed E-state index contributed by atoms with van der Waals surface area (Å²) in [5.41, 5.74) is 1.12. The minimum atomic E-state index is -0.719. The van der Waals surface area contributed by atoms with Gasteiger partial charge in [-0.05, 0) is 48.9 Å². The van der Waals surface area contributed by atoms with E-state index in [-0.39, 0.29) is 24.1 Å². The third kappa shape index (κ3) is 4.43. The zero-order chi connectivity index (χ0) is 25.3. The molecule has 0 spiro atoms. The van der Waals surface area contributed by atoms with E-state index in [1.807, 2.05) is 19.1 Å². The summed E-state index contributed by atoms with van der Waals surface area (Å²) < 4.78 is 36.2. The van der Waals surface area contributed by atoms with Crippen molar-refractivity contribution in [1.29, 1.82) is 5.26 Å². The van der Waals surface area contributed by atoms with Crippen LogP contribution < -0.4 is 15.3 Å². The molecule has 2 aromatic carbocycles. The van der Waals surface area contributed by atoms with Gasteiger partial charge >= 0.3 is 5.69 Å². The van der Waals surface area contributed by atoms with E-state index in [9.17, 15) is 18.8 Å². The third-order valence-corrected chi connectivity index (χ3v) is 6.12. The van der Waals surface area contributed by atoms with Gasteiger partial charge in [0.1, 0.15) is 24.6 Å². The van der Waals surface area contributed by atoms with Crippen LogP contribution in [0.3, 0.4) is 0 Å². The SMILES string of the molecule is CC1(C#N)CN(c2cccnc2OCc2ccc(-n3ncn(Cc4c(F)cccc4F)c3=O)cc2)C1. The normalized spacial score (nSPS) is 14.2. The van der Waals surface area contributed by atoms with E-state index in [2.05, 4.69) is 21.1 Å². The number of hydrogen-bond acceptors (Lipinski definition) is 6. The molecule has 0 N–H and O–H groups in total. The summed E-state index contributed by atoms with van der Waals surface area (Å²) in [6.45, 7) is 3.15. The van der Waals surface area contributed by atoms with Crippen molar-refractivity contribution in [2.75, 3.05) is 18.0 Å². The standard InChI is InChI=1S/C26H22F2N6O2/c1-26(14-29)15-33(16-26)23-6-3-11-30-24(23)36-13-18-7-9-19(10-8-18)34-25(35)32(17-31-34)12-20-21(27)4-2-5-22(20)28/h2-11,17H,12-13,15-16H2,1H3. The summed E-state index contributed by atoms with van der Waals surface area (Å²) in [5.74, 6) is -0.955. The molecule has 36 heavy (non-hydrogen) atoms. The molecule has 1 aliphatic rings. The summed E-state index contributed by atoms with van der Waals surface area (Å²) in [7, 11) is 0. The molecule has 0 unspecified atom stereocenters. The number of halogens is 2. The van der Waals surface area contributed by atoms with E-state index < -0.39 is 17.3 Å². The van der Waals surface area contributed by atoms with Gasteiger partial charge in [-0.25, -0.2) is 18.6 Å². The molecular weight excluding hydrogens is 466 g/mol. The van der Waals surface area contributed by atoms with Crippen LogP contribution in [0.4, 0.5) is 14.5 Å². The monoisotopic (exact) mass is 488 g/mol. The Morgan fingerprint density at radius 3 is 2.50 bits per heavy atom. The van der Waals surface area contributed by atoms with E-state index in [1.165, 1.54) is 12.4 Å². The van der Waals surface area contributed by atoms with E-state index in [1.54, 1.807) is 30.5 Å². The Kier molecular flexibility index (Phi) is 5.98. The van der Waals surface area contributed by atoms with Crippen molar-refractivity contribution in [1.82, 2.24) is 19.3 Å². The van der Waals surface area contributed by atoms with Crippen molar-refractivity contribution in [2.45, 2.75) is 20.1 Å². The lowest BCUT2D eigenvalue weighted by atomic mass is 9.83. The van der Waals surface area contributed by atoms with Gasteiger partial charge in [0.05, 0.1) is 29.4 Å². The molecule has 1 fully saturated rings. The zero-order valence-electron chi connectivity index (χ0n) is 19.4. The molecule has 5 rings (SSSR count). The van der Waals surface area contributed by atoms with Gasteiger partial charge in [-0.1, -0.05) is 18.2 Å². The lowest BCUT2D eigenvalue weighted by molar-refractivity contribution is 0.285. The smallest absolute Gasteiger partial charge is 0.350 e. The summed E-state index contributed by atoms with van der Waals surface area (Å²) >= 11 is 0. The zero-order valence-corrected chi connectivity index (χ0v) is 19.4. The van der Waals surface area contributed by atoms with Crippen molar-refractivity contribution >= 4 is 5.69 Å². The number of pyridine rings is 1. The fourth-order valence-corrected chi connectivity index (χ4v) is 4.13. The summed E-state index contributed by atoms with van der Waals surface area (Å²) in [4.78, 5) is 19.2. The maximum absolute atomic E-state index is 14.0. The molecule has 10 heteroatoms. The maximum atomic E-state index is 14.0. The van der Waals surface area contributed by atoms with Crippen LogP contribution in [0, 0.1) is 28.4 Å². The lowest BCUT2D eigenvalue weighted by Gasteiger charge is -2.45. The number of nitriles is 1. The Morgan fingerprint density at radius 2 is 1.81 bits per heavy atom. The molecule has 0 saturated carbocycles. The summed E-state index contributed by atoms with van der Waals surface area (Å²) in [5, 5.41) is 13.3. The van der Waals surface area contributed by atoms with Gasteiger partial charge in [-0.15, -0.1) is 0 Å². The number of aromatic nitrogens is 4.